The average Bonchev–Trinajstić information content (AvgIpc) is 2.98. The molecule has 0 aromatic carbocycles. The van der Waals surface area contributed by atoms with E-state index >= 15 is 0 Å². The fraction of sp³-hybridized carbons (Fsp3) is 0.647. The van der Waals surface area contributed by atoms with Crippen LogP contribution in [0.25, 0.3) is 0 Å². The van der Waals surface area contributed by atoms with E-state index < -0.39 is 11.7 Å². The molecule has 1 aromatic heterocycles. The molecule has 24 heavy (non-hydrogen) atoms. The predicted molar refractivity (Wildman–Crippen MR) is 97.1 cm³/mol. The molecule has 7 heteroatoms. The number of amides is 2. The smallest absolute Gasteiger partial charge is 0.405 e. The predicted octanol–water partition coefficient (Wildman–Crippen LogP) is 4.16. The third-order valence-corrected chi connectivity index (χ3v) is 6.68. The van der Waals surface area contributed by atoms with Gasteiger partial charge in [-0.15, -0.1) is 11.3 Å². The topological polar surface area (TPSA) is 72.6 Å². The van der Waals surface area contributed by atoms with Crippen LogP contribution in [0.4, 0.5) is 4.79 Å². The van der Waals surface area contributed by atoms with Crippen LogP contribution in [-0.2, 0) is 4.74 Å². The van der Waals surface area contributed by atoms with Crippen molar-refractivity contribution >= 4 is 39.3 Å². The second kappa shape index (κ2) is 6.67. The van der Waals surface area contributed by atoms with E-state index in [1.807, 2.05) is 25.3 Å². The van der Waals surface area contributed by atoms with E-state index in [4.69, 9.17) is 10.5 Å². The van der Waals surface area contributed by atoms with E-state index in [1.165, 1.54) is 11.3 Å². The van der Waals surface area contributed by atoms with Gasteiger partial charge in [0.2, 0.25) is 0 Å². The number of rotatable bonds is 4. The van der Waals surface area contributed by atoms with Gasteiger partial charge in [0.05, 0.1) is 4.88 Å². The van der Waals surface area contributed by atoms with Crippen molar-refractivity contribution in [3.05, 3.63) is 20.8 Å². The molecule has 2 amide bonds. The van der Waals surface area contributed by atoms with Crippen LogP contribution in [0.2, 0.25) is 0 Å². The molecule has 5 nitrogen and oxygen atoms in total. The molecule has 2 aliphatic heterocycles. The SMILES string of the molecule is CC(C)(CC1CC2CCC(C1)N2C(=O)c1cc(Br)cs1)OC(N)=O. The largest absolute Gasteiger partial charge is 0.444 e. The molecule has 0 spiro atoms. The van der Waals surface area contributed by atoms with Crippen LogP contribution in [0.3, 0.4) is 0 Å². The van der Waals surface area contributed by atoms with E-state index in [0.717, 1.165) is 41.5 Å². The van der Waals surface area contributed by atoms with Crippen molar-refractivity contribution in [3.63, 3.8) is 0 Å². The molecule has 2 saturated heterocycles. The zero-order chi connectivity index (χ0) is 17.5. The van der Waals surface area contributed by atoms with Gasteiger partial charge in [0.25, 0.3) is 5.91 Å². The normalized spacial score (nSPS) is 26.5. The van der Waals surface area contributed by atoms with E-state index in [0.29, 0.717) is 18.0 Å². The molecule has 2 bridgehead atoms. The van der Waals surface area contributed by atoms with Crippen molar-refractivity contribution in [1.82, 2.24) is 4.90 Å². The van der Waals surface area contributed by atoms with Crippen LogP contribution < -0.4 is 5.73 Å². The number of ether oxygens (including phenoxy) is 1. The van der Waals surface area contributed by atoms with E-state index in [1.54, 1.807) is 0 Å². The van der Waals surface area contributed by atoms with E-state index in [-0.39, 0.29) is 5.91 Å². The van der Waals surface area contributed by atoms with E-state index in [2.05, 4.69) is 20.8 Å². The Labute approximate surface area is 154 Å². The molecule has 1 aromatic rings. The molecule has 2 N–H and O–H groups in total. The standard InChI is InChI=1S/C17H23BrN2O3S/c1-17(2,23-16(19)22)8-10-5-12-3-4-13(6-10)20(12)15(21)14-7-11(18)9-24-14/h7,9-10,12-13H,3-6,8H2,1-2H3,(H2,19,22). The lowest BCUT2D eigenvalue weighted by atomic mass is 9.82. The van der Waals surface area contributed by atoms with Gasteiger partial charge in [0, 0.05) is 21.9 Å². The highest BCUT2D eigenvalue weighted by molar-refractivity contribution is 9.10. The van der Waals surface area contributed by atoms with Crippen molar-refractivity contribution in [2.24, 2.45) is 11.7 Å². The number of halogens is 1. The minimum Gasteiger partial charge on any atom is -0.444 e. The Morgan fingerprint density at radius 3 is 2.50 bits per heavy atom. The first-order valence-corrected chi connectivity index (χ1v) is 9.97. The summed E-state index contributed by atoms with van der Waals surface area (Å²) < 4.78 is 6.19. The summed E-state index contributed by atoms with van der Waals surface area (Å²) in [6.45, 7) is 3.81. The Bertz CT molecular complexity index is 632. The molecular formula is C17H23BrN2O3S. The first-order valence-electron chi connectivity index (χ1n) is 8.30. The lowest BCUT2D eigenvalue weighted by Crippen LogP contribution is -2.47. The number of carbonyl (C=O) groups is 2. The Balaban J connectivity index is 1.66. The molecule has 3 heterocycles. The number of thiophene rings is 1. The van der Waals surface area contributed by atoms with Gasteiger partial charge in [-0.05, 0) is 73.9 Å². The van der Waals surface area contributed by atoms with Crippen molar-refractivity contribution in [1.29, 1.82) is 0 Å². The minimum atomic E-state index is -0.723. The van der Waals surface area contributed by atoms with Crippen molar-refractivity contribution in [3.8, 4) is 0 Å². The summed E-state index contributed by atoms with van der Waals surface area (Å²) in [6.07, 6.45) is 4.14. The zero-order valence-corrected chi connectivity index (χ0v) is 16.4. The molecule has 2 fully saturated rings. The first kappa shape index (κ1) is 17.7. The van der Waals surface area contributed by atoms with Gasteiger partial charge < -0.3 is 15.4 Å². The van der Waals surface area contributed by atoms with Crippen LogP contribution in [-0.4, -0.2) is 34.6 Å². The molecule has 0 aliphatic carbocycles. The average molecular weight is 415 g/mol. The summed E-state index contributed by atoms with van der Waals surface area (Å²) in [4.78, 5) is 26.8. The Hall–Kier alpha value is -1.08. The van der Waals surface area contributed by atoms with Crippen LogP contribution >= 0.6 is 27.3 Å². The molecule has 2 aliphatic rings. The van der Waals surface area contributed by atoms with Gasteiger partial charge in [-0.1, -0.05) is 0 Å². The Morgan fingerprint density at radius 1 is 1.38 bits per heavy atom. The van der Waals surface area contributed by atoms with Crippen LogP contribution in [0, 0.1) is 5.92 Å². The van der Waals surface area contributed by atoms with Gasteiger partial charge in [-0.25, -0.2) is 4.79 Å². The van der Waals surface area contributed by atoms with Crippen molar-refractivity contribution in [2.75, 3.05) is 0 Å². The highest BCUT2D eigenvalue weighted by Gasteiger charge is 2.45. The summed E-state index contributed by atoms with van der Waals surface area (Å²) in [5, 5.41) is 1.95. The maximum absolute atomic E-state index is 12.8. The summed E-state index contributed by atoms with van der Waals surface area (Å²) >= 11 is 4.91. The van der Waals surface area contributed by atoms with Gasteiger partial charge in [-0.2, -0.15) is 0 Å². The number of fused-ring (bicyclic) bond motifs is 2. The zero-order valence-electron chi connectivity index (χ0n) is 14.0. The fourth-order valence-electron chi connectivity index (χ4n) is 4.35. The summed E-state index contributed by atoms with van der Waals surface area (Å²) in [6, 6.07) is 2.50. The van der Waals surface area contributed by atoms with Gasteiger partial charge in [-0.3, -0.25) is 4.79 Å². The quantitative estimate of drug-likeness (QED) is 0.803. The molecule has 3 rings (SSSR count). The number of nitrogens with zero attached hydrogens (tertiary/aromatic N) is 1. The summed E-state index contributed by atoms with van der Waals surface area (Å²) in [5.41, 5.74) is 4.61. The maximum atomic E-state index is 12.8. The lowest BCUT2D eigenvalue weighted by Gasteiger charge is -2.41. The van der Waals surface area contributed by atoms with Gasteiger partial charge in [0.15, 0.2) is 0 Å². The Kier molecular flexibility index (Phi) is 4.93. The van der Waals surface area contributed by atoms with Crippen LogP contribution in [0.15, 0.2) is 15.9 Å². The second-order valence-corrected chi connectivity index (χ2v) is 9.28. The highest BCUT2D eigenvalue weighted by atomic mass is 79.9. The second-order valence-electron chi connectivity index (χ2n) is 7.45. The summed E-state index contributed by atoms with van der Waals surface area (Å²) in [5.74, 6) is 0.611. The molecule has 0 saturated carbocycles. The monoisotopic (exact) mass is 414 g/mol. The van der Waals surface area contributed by atoms with Crippen LogP contribution in [0.1, 0.15) is 55.6 Å². The molecule has 0 radical (unpaired) electrons. The van der Waals surface area contributed by atoms with Crippen molar-refractivity contribution in [2.45, 2.75) is 63.6 Å². The number of hydrogen-bond acceptors (Lipinski definition) is 4. The fourth-order valence-corrected chi connectivity index (χ4v) is 5.72. The molecular weight excluding hydrogens is 392 g/mol. The number of hydrogen-bond donors (Lipinski definition) is 1. The first-order chi connectivity index (χ1) is 11.2. The van der Waals surface area contributed by atoms with Crippen LogP contribution in [0.5, 0.6) is 0 Å². The highest BCUT2D eigenvalue weighted by Crippen LogP contribution is 2.43. The van der Waals surface area contributed by atoms with Gasteiger partial charge in [0.1, 0.15) is 5.60 Å². The van der Waals surface area contributed by atoms with Gasteiger partial charge >= 0.3 is 6.09 Å². The third kappa shape index (κ3) is 3.77. The maximum Gasteiger partial charge on any atom is 0.405 e. The number of primary amides is 1. The molecule has 2 atom stereocenters. The molecule has 2 unspecified atom stereocenters. The Morgan fingerprint density at radius 2 is 2.00 bits per heavy atom. The number of piperidine rings is 1. The number of carbonyl (C=O) groups excluding carboxylic acids is 2. The number of nitrogens with two attached hydrogens (primary N) is 1. The third-order valence-electron chi connectivity index (χ3n) is 5.00. The summed E-state index contributed by atoms with van der Waals surface area (Å²) in [7, 11) is 0. The van der Waals surface area contributed by atoms with Crippen molar-refractivity contribution < 1.29 is 14.3 Å². The van der Waals surface area contributed by atoms with E-state index in [9.17, 15) is 9.59 Å². The molecule has 132 valence electrons. The lowest BCUT2D eigenvalue weighted by molar-refractivity contribution is 0.00853. The minimum absolute atomic E-state index is 0.157.